The van der Waals surface area contributed by atoms with E-state index >= 15 is 0 Å². The Hall–Kier alpha value is -2.50. The van der Waals surface area contributed by atoms with Crippen molar-refractivity contribution in [1.82, 2.24) is 14.4 Å². The van der Waals surface area contributed by atoms with E-state index in [9.17, 15) is 8.78 Å². The Kier molecular flexibility index (Phi) is 4.11. The Labute approximate surface area is 144 Å². The molecule has 0 radical (unpaired) electrons. The van der Waals surface area contributed by atoms with Crippen molar-refractivity contribution in [3.8, 4) is 11.4 Å². The summed E-state index contributed by atoms with van der Waals surface area (Å²) in [6.07, 6.45) is 4.14. The van der Waals surface area contributed by atoms with Gasteiger partial charge in [-0.25, -0.2) is 18.7 Å². The van der Waals surface area contributed by atoms with Crippen molar-refractivity contribution < 1.29 is 8.78 Å². The van der Waals surface area contributed by atoms with Crippen molar-refractivity contribution in [2.75, 3.05) is 5.32 Å². The van der Waals surface area contributed by atoms with Crippen LogP contribution >= 0.6 is 0 Å². The SMILES string of the molecule is C[C@@H]1CC[C@H](Nc2cccc(-c3cnc4ccc(C(F)F)cn34)n2)C1. The molecule has 1 aliphatic rings. The summed E-state index contributed by atoms with van der Waals surface area (Å²) < 4.78 is 27.7. The Morgan fingerprint density at radius 1 is 1.20 bits per heavy atom. The molecule has 0 aromatic carbocycles. The topological polar surface area (TPSA) is 42.2 Å². The number of anilines is 1. The summed E-state index contributed by atoms with van der Waals surface area (Å²) in [6, 6.07) is 9.21. The van der Waals surface area contributed by atoms with Crippen molar-refractivity contribution in [3.63, 3.8) is 0 Å². The second-order valence-electron chi connectivity index (χ2n) is 6.80. The third-order valence-electron chi connectivity index (χ3n) is 4.84. The number of rotatable bonds is 4. The van der Waals surface area contributed by atoms with Crippen LogP contribution < -0.4 is 5.32 Å². The highest BCUT2D eigenvalue weighted by Gasteiger charge is 2.21. The van der Waals surface area contributed by atoms with Crippen molar-refractivity contribution in [2.45, 2.75) is 38.7 Å². The van der Waals surface area contributed by atoms with E-state index in [0.29, 0.717) is 17.4 Å². The number of nitrogens with zero attached hydrogens (tertiary/aromatic N) is 3. The molecule has 1 saturated carbocycles. The minimum atomic E-state index is -2.51. The molecule has 25 heavy (non-hydrogen) atoms. The van der Waals surface area contributed by atoms with E-state index in [-0.39, 0.29) is 5.56 Å². The Bertz CT molecular complexity index is 890. The highest BCUT2D eigenvalue weighted by atomic mass is 19.3. The van der Waals surface area contributed by atoms with Gasteiger partial charge in [0.05, 0.1) is 17.6 Å². The van der Waals surface area contributed by atoms with E-state index in [2.05, 4.69) is 22.2 Å². The number of hydrogen-bond donors (Lipinski definition) is 1. The fourth-order valence-corrected chi connectivity index (χ4v) is 3.52. The molecular formula is C19H20F2N4. The minimum absolute atomic E-state index is 0.0269. The summed E-state index contributed by atoms with van der Waals surface area (Å²) in [5, 5.41) is 3.49. The van der Waals surface area contributed by atoms with Crippen molar-refractivity contribution in [2.24, 2.45) is 5.92 Å². The molecule has 0 aliphatic heterocycles. The maximum atomic E-state index is 13.0. The average molecular weight is 342 g/mol. The van der Waals surface area contributed by atoms with Gasteiger partial charge in [0.2, 0.25) is 0 Å². The summed E-state index contributed by atoms with van der Waals surface area (Å²) in [4.78, 5) is 8.96. The number of alkyl halides is 2. The summed E-state index contributed by atoms with van der Waals surface area (Å²) in [7, 11) is 0. The first kappa shape index (κ1) is 16.0. The number of aromatic nitrogens is 3. The van der Waals surface area contributed by atoms with Gasteiger partial charge in [-0.3, -0.25) is 4.40 Å². The van der Waals surface area contributed by atoms with Crippen LogP contribution in [0.2, 0.25) is 0 Å². The van der Waals surface area contributed by atoms with Gasteiger partial charge in [-0.05, 0) is 49.4 Å². The van der Waals surface area contributed by atoms with Gasteiger partial charge < -0.3 is 5.32 Å². The first-order chi connectivity index (χ1) is 12.1. The number of pyridine rings is 2. The monoisotopic (exact) mass is 342 g/mol. The zero-order valence-electron chi connectivity index (χ0n) is 14.0. The molecule has 0 spiro atoms. The third-order valence-corrected chi connectivity index (χ3v) is 4.84. The normalized spacial score (nSPS) is 20.5. The van der Waals surface area contributed by atoms with Crippen LogP contribution in [0.5, 0.6) is 0 Å². The second kappa shape index (κ2) is 6.43. The van der Waals surface area contributed by atoms with Gasteiger partial charge in [-0.1, -0.05) is 13.0 Å². The largest absolute Gasteiger partial charge is 0.367 e. The smallest absolute Gasteiger partial charge is 0.265 e. The molecule has 6 heteroatoms. The Balaban J connectivity index is 1.66. The van der Waals surface area contributed by atoms with Crippen LogP contribution in [0.15, 0.2) is 42.7 Å². The summed E-state index contributed by atoms with van der Waals surface area (Å²) in [5.41, 5.74) is 2.03. The van der Waals surface area contributed by atoms with Gasteiger partial charge in [0.1, 0.15) is 11.5 Å². The lowest BCUT2D eigenvalue weighted by Gasteiger charge is -2.14. The summed E-state index contributed by atoms with van der Waals surface area (Å²) in [6.45, 7) is 2.27. The average Bonchev–Trinajstić information content (AvgIpc) is 3.20. The zero-order valence-corrected chi connectivity index (χ0v) is 14.0. The van der Waals surface area contributed by atoms with E-state index in [1.54, 1.807) is 16.7 Å². The van der Waals surface area contributed by atoms with Gasteiger partial charge in [0, 0.05) is 17.8 Å². The Morgan fingerprint density at radius 3 is 2.84 bits per heavy atom. The quantitative estimate of drug-likeness (QED) is 0.731. The van der Waals surface area contributed by atoms with E-state index < -0.39 is 6.43 Å². The van der Waals surface area contributed by atoms with E-state index in [1.807, 2.05) is 18.2 Å². The fraction of sp³-hybridized carbons (Fsp3) is 0.368. The maximum Gasteiger partial charge on any atom is 0.265 e. The number of nitrogens with one attached hydrogen (secondary N) is 1. The summed E-state index contributed by atoms with van der Waals surface area (Å²) >= 11 is 0. The van der Waals surface area contributed by atoms with Gasteiger partial charge in [0.25, 0.3) is 6.43 Å². The van der Waals surface area contributed by atoms with Crippen LogP contribution in [0.3, 0.4) is 0 Å². The number of halogens is 2. The molecule has 2 atom stereocenters. The van der Waals surface area contributed by atoms with Crippen molar-refractivity contribution in [3.05, 3.63) is 48.3 Å². The Morgan fingerprint density at radius 2 is 2.08 bits per heavy atom. The highest BCUT2D eigenvalue weighted by Crippen LogP contribution is 2.28. The summed E-state index contributed by atoms with van der Waals surface area (Å²) in [5.74, 6) is 1.56. The molecule has 1 N–H and O–H groups in total. The molecule has 0 unspecified atom stereocenters. The fourth-order valence-electron chi connectivity index (χ4n) is 3.52. The lowest BCUT2D eigenvalue weighted by Crippen LogP contribution is -2.16. The molecule has 0 saturated heterocycles. The van der Waals surface area contributed by atoms with Crippen LogP contribution in [0.25, 0.3) is 17.0 Å². The molecule has 1 aliphatic carbocycles. The standard InChI is InChI=1S/C19H20F2N4/c1-12-5-7-14(9-12)23-17-4-2-3-15(24-17)16-10-22-18-8-6-13(19(20)21)11-25(16)18/h2-4,6,8,10-12,14,19H,5,7,9H2,1H3,(H,23,24)/t12-,14+/m1/s1. The lowest BCUT2D eigenvalue weighted by atomic mass is 10.1. The van der Waals surface area contributed by atoms with Crippen LogP contribution in [0, 0.1) is 5.92 Å². The first-order valence-corrected chi connectivity index (χ1v) is 8.59. The van der Waals surface area contributed by atoms with E-state index in [4.69, 9.17) is 0 Å². The number of imidazole rings is 1. The molecule has 1 fully saturated rings. The van der Waals surface area contributed by atoms with Crippen LogP contribution in [0.4, 0.5) is 14.6 Å². The first-order valence-electron chi connectivity index (χ1n) is 8.59. The molecule has 3 aromatic heterocycles. The predicted molar refractivity (Wildman–Crippen MR) is 93.8 cm³/mol. The van der Waals surface area contributed by atoms with Gasteiger partial charge in [-0.2, -0.15) is 0 Å². The van der Waals surface area contributed by atoms with Gasteiger partial charge in [-0.15, -0.1) is 0 Å². The molecule has 4 rings (SSSR count). The highest BCUT2D eigenvalue weighted by molar-refractivity contribution is 5.62. The molecule has 3 heterocycles. The molecular weight excluding hydrogens is 322 g/mol. The second-order valence-corrected chi connectivity index (χ2v) is 6.80. The van der Waals surface area contributed by atoms with Crippen molar-refractivity contribution >= 4 is 11.5 Å². The van der Waals surface area contributed by atoms with Crippen LogP contribution in [-0.4, -0.2) is 20.4 Å². The molecule has 4 nitrogen and oxygen atoms in total. The van der Waals surface area contributed by atoms with E-state index in [0.717, 1.165) is 30.3 Å². The third kappa shape index (κ3) is 3.21. The zero-order chi connectivity index (χ0) is 17.4. The lowest BCUT2D eigenvalue weighted by molar-refractivity contribution is 0.151. The maximum absolute atomic E-state index is 13.0. The van der Waals surface area contributed by atoms with Crippen LogP contribution in [-0.2, 0) is 0 Å². The predicted octanol–water partition coefficient (Wildman–Crippen LogP) is 4.93. The van der Waals surface area contributed by atoms with Gasteiger partial charge in [0.15, 0.2) is 0 Å². The molecule has 130 valence electrons. The van der Waals surface area contributed by atoms with Crippen LogP contribution in [0.1, 0.15) is 38.2 Å². The van der Waals surface area contributed by atoms with Crippen molar-refractivity contribution in [1.29, 1.82) is 0 Å². The molecule has 0 bridgehead atoms. The minimum Gasteiger partial charge on any atom is -0.367 e. The van der Waals surface area contributed by atoms with E-state index in [1.165, 1.54) is 18.7 Å². The number of hydrogen-bond acceptors (Lipinski definition) is 3. The molecule has 3 aromatic rings. The number of fused-ring (bicyclic) bond motifs is 1. The molecule has 0 amide bonds. The van der Waals surface area contributed by atoms with Gasteiger partial charge >= 0.3 is 0 Å².